The molecule has 1 fully saturated rings. The summed E-state index contributed by atoms with van der Waals surface area (Å²) in [4.78, 5) is 11.3. The van der Waals surface area contributed by atoms with Gasteiger partial charge in [0.1, 0.15) is 0 Å². The van der Waals surface area contributed by atoms with Crippen molar-refractivity contribution in [2.45, 2.75) is 0 Å². The highest BCUT2D eigenvalue weighted by molar-refractivity contribution is 7.80. The highest BCUT2D eigenvalue weighted by atomic mass is 32.1. The van der Waals surface area contributed by atoms with Crippen LogP contribution in [0.4, 0.5) is 0 Å². The van der Waals surface area contributed by atoms with Crippen LogP contribution in [-0.2, 0) is 9.53 Å². The molecule has 0 aromatic heterocycles. The largest absolute Gasteiger partial charge is 0.504 e. The lowest BCUT2D eigenvalue weighted by atomic mass is 10.2. The number of phenols is 1. The second kappa shape index (κ2) is 4.42. The lowest BCUT2D eigenvalue weighted by Gasteiger charge is -2.03. The van der Waals surface area contributed by atoms with Crippen LogP contribution in [0, 0.1) is 0 Å². The molecule has 1 saturated heterocycles. The second-order valence-electron chi connectivity index (χ2n) is 3.28. The van der Waals surface area contributed by atoms with Gasteiger partial charge in [-0.15, -0.1) is 0 Å². The van der Waals surface area contributed by atoms with Crippen LogP contribution in [0.2, 0.25) is 0 Å². The first-order valence-corrected chi connectivity index (χ1v) is 5.13. The number of thiocarbonyl (C=S) groups is 1. The molecule has 1 aromatic rings. The van der Waals surface area contributed by atoms with Gasteiger partial charge in [0.15, 0.2) is 17.3 Å². The quantitative estimate of drug-likeness (QED) is 0.610. The van der Waals surface area contributed by atoms with Crippen LogP contribution in [0.5, 0.6) is 11.5 Å². The fraction of sp³-hybridized carbons (Fsp3) is 0.0909. The summed E-state index contributed by atoms with van der Waals surface area (Å²) in [5.41, 5.74) is 0.662. The molecule has 1 aliphatic rings. The summed E-state index contributed by atoms with van der Waals surface area (Å²) >= 11 is 4.70. The predicted molar refractivity (Wildman–Crippen MR) is 64.5 cm³/mol. The normalized spacial score (nSPS) is 16.9. The maximum Gasteiger partial charge on any atom is 0.294 e. The molecule has 1 amide bonds. The van der Waals surface area contributed by atoms with Crippen molar-refractivity contribution in [2.75, 3.05) is 7.11 Å². The number of rotatable bonds is 2. The Morgan fingerprint density at radius 2 is 2.29 bits per heavy atom. The molecule has 2 N–H and O–H groups in total. The molecule has 0 unspecified atom stereocenters. The van der Waals surface area contributed by atoms with E-state index in [1.54, 1.807) is 12.1 Å². The zero-order valence-electron chi connectivity index (χ0n) is 8.89. The number of hydrogen-bond acceptors (Lipinski definition) is 5. The fourth-order valence-electron chi connectivity index (χ4n) is 1.36. The van der Waals surface area contributed by atoms with E-state index in [-0.39, 0.29) is 22.6 Å². The van der Waals surface area contributed by atoms with Crippen molar-refractivity contribution in [1.29, 1.82) is 0 Å². The maximum atomic E-state index is 11.3. The summed E-state index contributed by atoms with van der Waals surface area (Å²) < 4.78 is 9.96. The summed E-state index contributed by atoms with van der Waals surface area (Å²) in [5.74, 6) is 0.0760. The number of nitrogens with one attached hydrogen (secondary N) is 1. The van der Waals surface area contributed by atoms with Crippen molar-refractivity contribution < 1.29 is 19.4 Å². The van der Waals surface area contributed by atoms with Crippen molar-refractivity contribution in [3.63, 3.8) is 0 Å². The van der Waals surface area contributed by atoms with E-state index in [1.165, 1.54) is 19.3 Å². The van der Waals surface area contributed by atoms with Gasteiger partial charge in [-0.2, -0.15) is 0 Å². The molecule has 88 valence electrons. The lowest BCUT2D eigenvalue weighted by molar-refractivity contribution is -0.116. The van der Waals surface area contributed by atoms with Crippen molar-refractivity contribution in [1.82, 2.24) is 5.32 Å². The molecule has 6 heteroatoms. The summed E-state index contributed by atoms with van der Waals surface area (Å²) in [6, 6.07) is 4.68. The minimum absolute atomic E-state index is 0.0296. The first-order valence-electron chi connectivity index (χ1n) is 4.72. The minimum atomic E-state index is -0.387. The SMILES string of the molecule is COc1cc(/C=C2\OC(=S)NC2=O)ccc1O. The van der Waals surface area contributed by atoms with Crippen molar-refractivity contribution in [2.24, 2.45) is 0 Å². The van der Waals surface area contributed by atoms with Gasteiger partial charge in [-0.3, -0.25) is 10.1 Å². The molecule has 1 aromatic carbocycles. The van der Waals surface area contributed by atoms with Crippen molar-refractivity contribution in [3.8, 4) is 11.5 Å². The van der Waals surface area contributed by atoms with Crippen LogP contribution in [-0.4, -0.2) is 23.3 Å². The minimum Gasteiger partial charge on any atom is -0.504 e. The number of methoxy groups -OCH3 is 1. The molecular weight excluding hydrogens is 242 g/mol. The van der Waals surface area contributed by atoms with E-state index in [2.05, 4.69) is 5.32 Å². The molecule has 0 atom stereocenters. The van der Waals surface area contributed by atoms with E-state index in [4.69, 9.17) is 21.7 Å². The van der Waals surface area contributed by atoms with E-state index in [1.807, 2.05) is 0 Å². The van der Waals surface area contributed by atoms with Crippen molar-refractivity contribution in [3.05, 3.63) is 29.5 Å². The Hall–Kier alpha value is -2.08. The zero-order valence-corrected chi connectivity index (χ0v) is 9.71. The van der Waals surface area contributed by atoms with E-state index in [9.17, 15) is 9.90 Å². The molecular formula is C11H9NO4S. The van der Waals surface area contributed by atoms with Crippen LogP contribution < -0.4 is 10.1 Å². The highest BCUT2D eigenvalue weighted by Gasteiger charge is 2.23. The van der Waals surface area contributed by atoms with E-state index in [0.717, 1.165) is 0 Å². The third kappa shape index (κ3) is 2.36. The van der Waals surface area contributed by atoms with Crippen LogP contribution in [0.15, 0.2) is 24.0 Å². The van der Waals surface area contributed by atoms with Crippen LogP contribution >= 0.6 is 12.2 Å². The highest BCUT2D eigenvalue weighted by Crippen LogP contribution is 2.27. The number of carbonyl (C=O) groups excluding carboxylic acids is 1. The Bertz CT molecular complexity index is 524. The summed E-state index contributed by atoms with van der Waals surface area (Å²) in [6.45, 7) is 0. The van der Waals surface area contributed by atoms with E-state index in [0.29, 0.717) is 11.3 Å². The molecule has 1 aliphatic heterocycles. The first-order chi connectivity index (χ1) is 8.10. The maximum absolute atomic E-state index is 11.3. The number of aromatic hydroxyl groups is 1. The first kappa shape index (κ1) is 11.4. The summed E-state index contributed by atoms with van der Waals surface area (Å²) in [6.07, 6.45) is 1.51. The number of amides is 1. The third-order valence-electron chi connectivity index (χ3n) is 2.14. The molecule has 17 heavy (non-hydrogen) atoms. The summed E-state index contributed by atoms with van der Waals surface area (Å²) in [5, 5.41) is 11.8. The van der Waals surface area contributed by atoms with Crippen molar-refractivity contribution >= 4 is 29.4 Å². The van der Waals surface area contributed by atoms with E-state index < -0.39 is 0 Å². The van der Waals surface area contributed by atoms with Gasteiger partial charge in [0, 0.05) is 0 Å². The Morgan fingerprint density at radius 1 is 1.53 bits per heavy atom. The van der Waals surface area contributed by atoms with Gasteiger partial charge < -0.3 is 14.6 Å². The molecule has 5 nitrogen and oxygen atoms in total. The Labute approximate surface area is 103 Å². The van der Waals surface area contributed by atoms with Crippen LogP contribution in [0.1, 0.15) is 5.56 Å². The number of benzene rings is 1. The molecule has 0 saturated carbocycles. The van der Waals surface area contributed by atoms with Crippen LogP contribution in [0.3, 0.4) is 0 Å². The van der Waals surface area contributed by atoms with Gasteiger partial charge in [0.2, 0.25) is 0 Å². The number of hydrogen-bond donors (Lipinski definition) is 2. The predicted octanol–water partition coefficient (Wildman–Crippen LogP) is 1.17. The zero-order chi connectivity index (χ0) is 12.4. The van der Waals surface area contributed by atoms with Crippen LogP contribution in [0.25, 0.3) is 6.08 Å². The summed E-state index contributed by atoms with van der Waals surface area (Å²) in [7, 11) is 1.44. The second-order valence-corrected chi connectivity index (χ2v) is 3.65. The fourth-order valence-corrected chi connectivity index (χ4v) is 1.54. The van der Waals surface area contributed by atoms with Gasteiger partial charge in [0.05, 0.1) is 7.11 Å². The number of phenolic OH excluding ortho intramolecular Hbond substituents is 1. The molecule has 0 aliphatic carbocycles. The monoisotopic (exact) mass is 251 g/mol. The van der Waals surface area contributed by atoms with Gasteiger partial charge >= 0.3 is 0 Å². The molecule has 0 radical (unpaired) electrons. The molecule has 2 rings (SSSR count). The third-order valence-corrected chi connectivity index (χ3v) is 2.33. The topological polar surface area (TPSA) is 67.8 Å². The number of ether oxygens (including phenoxy) is 2. The van der Waals surface area contributed by atoms with Gasteiger partial charge in [0.25, 0.3) is 11.1 Å². The van der Waals surface area contributed by atoms with Gasteiger partial charge in [-0.05, 0) is 36.0 Å². The lowest BCUT2D eigenvalue weighted by Crippen LogP contribution is -2.18. The average Bonchev–Trinajstić information content (AvgIpc) is 2.60. The molecule has 0 spiro atoms. The van der Waals surface area contributed by atoms with Gasteiger partial charge in [-0.25, -0.2) is 0 Å². The van der Waals surface area contributed by atoms with Gasteiger partial charge in [-0.1, -0.05) is 6.07 Å². The Balaban J connectivity index is 2.33. The van der Waals surface area contributed by atoms with E-state index >= 15 is 0 Å². The molecule has 0 bridgehead atoms. The Kier molecular flexibility index (Phi) is 2.97. The standard InChI is InChI=1S/C11H9NO4S/c1-15-8-4-6(2-3-7(8)13)5-9-10(14)12-11(17)16-9/h2-5,13H,1H3,(H,12,14,17)/b9-5-. The Morgan fingerprint density at radius 3 is 2.88 bits per heavy atom. The number of carbonyl (C=O) groups is 1. The molecule has 1 heterocycles. The average molecular weight is 251 g/mol. The smallest absolute Gasteiger partial charge is 0.294 e.